The second-order valence-corrected chi connectivity index (χ2v) is 3.41. The number of anilines is 1. The Labute approximate surface area is 81.3 Å². The van der Waals surface area contributed by atoms with Crippen molar-refractivity contribution >= 4 is 28.1 Å². The summed E-state index contributed by atoms with van der Waals surface area (Å²) in [6, 6.07) is 5.95. The van der Waals surface area contributed by atoms with Gasteiger partial charge in [-0.15, -0.1) is 0 Å². The third-order valence-electron chi connectivity index (χ3n) is 2.03. The van der Waals surface area contributed by atoms with Crippen molar-refractivity contribution in [1.29, 1.82) is 0 Å². The molecule has 2 aromatic rings. The first-order valence-corrected chi connectivity index (χ1v) is 4.36. The van der Waals surface area contributed by atoms with Crippen LogP contribution in [0.1, 0.15) is 5.56 Å². The molecule has 0 aliphatic heterocycles. The van der Waals surface area contributed by atoms with Gasteiger partial charge in [0.25, 0.3) is 0 Å². The minimum atomic E-state index is 0.504. The van der Waals surface area contributed by atoms with Crippen molar-refractivity contribution in [3.05, 3.63) is 35.1 Å². The third kappa shape index (κ3) is 1.33. The van der Waals surface area contributed by atoms with Crippen molar-refractivity contribution in [1.82, 2.24) is 4.98 Å². The lowest BCUT2D eigenvalue weighted by molar-refractivity contribution is 1.36. The molecule has 2 N–H and O–H groups in total. The van der Waals surface area contributed by atoms with Crippen LogP contribution in [0, 0.1) is 6.92 Å². The number of nitrogens with zero attached hydrogens (tertiary/aromatic N) is 1. The van der Waals surface area contributed by atoms with Crippen molar-refractivity contribution in [3.63, 3.8) is 0 Å². The minimum Gasteiger partial charge on any atom is -0.397 e. The molecule has 0 bridgehead atoms. The predicted octanol–water partition coefficient (Wildman–Crippen LogP) is 2.78. The average molecular weight is 193 g/mol. The first kappa shape index (κ1) is 8.32. The van der Waals surface area contributed by atoms with Crippen molar-refractivity contribution in [2.75, 3.05) is 5.73 Å². The van der Waals surface area contributed by atoms with Gasteiger partial charge in [-0.05, 0) is 13.0 Å². The van der Waals surface area contributed by atoms with E-state index in [1.54, 1.807) is 6.20 Å². The lowest BCUT2D eigenvalue weighted by atomic mass is 10.1. The molecule has 0 unspecified atom stereocenters. The summed E-state index contributed by atoms with van der Waals surface area (Å²) in [7, 11) is 0. The Bertz CT molecular complexity index is 466. The van der Waals surface area contributed by atoms with E-state index in [9.17, 15) is 0 Å². The zero-order chi connectivity index (χ0) is 9.42. The Morgan fingerprint density at radius 1 is 1.31 bits per heavy atom. The molecule has 1 aromatic heterocycles. The molecule has 1 aromatic carbocycles. The second kappa shape index (κ2) is 2.89. The summed E-state index contributed by atoms with van der Waals surface area (Å²) in [6.45, 7) is 2.02. The van der Waals surface area contributed by atoms with Crippen LogP contribution in [0.15, 0.2) is 24.4 Å². The highest BCUT2D eigenvalue weighted by Gasteiger charge is 2.02. The van der Waals surface area contributed by atoms with E-state index >= 15 is 0 Å². The molecule has 0 atom stereocenters. The van der Waals surface area contributed by atoms with Gasteiger partial charge in [0.15, 0.2) is 0 Å². The molecule has 0 saturated heterocycles. The van der Waals surface area contributed by atoms with Crippen LogP contribution in [0.4, 0.5) is 5.69 Å². The summed E-state index contributed by atoms with van der Waals surface area (Å²) in [4.78, 5) is 3.98. The van der Waals surface area contributed by atoms with Gasteiger partial charge in [0.2, 0.25) is 0 Å². The van der Waals surface area contributed by atoms with E-state index in [0.29, 0.717) is 10.8 Å². The monoisotopic (exact) mass is 192 g/mol. The first-order chi connectivity index (χ1) is 6.18. The number of fused-ring (bicyclic) bond motifs is 1. The highest BCUT2D eigenvalue weighted by molar-refractivity contribution is 6.34. The van der Waals surface area contributed by atoms with Gasteiger partial charge in [0.05, 0.1) is 11.9 Å². The molecule has 13 heavy (non-hydrogen) atoms. The van der Waals surface area contributed by atoms with Crippen LogP contribution in [0.5, 0.6) is 0 Å². The zero-order valence-corrected chi connectivity index (χ0v) is 7.97. The highest BCUT2D eigenvalue weighted by atomic mass is 35.5. The van der Waals surface area contributed by atoms with Gasteiger partial charge in [0, 0.05) is 10.8 Å². The third-order valence-corrected chi connectivity index (χ3v) is 2.33. The van der Waals surface area contributed by atoms with E-state index in [4.69, 9.17) is 17.3 Å². The summed E-state index contributed by atoms with van der Waals surface area (Å²) >= 11 is 5.91. The molecule has 66 valence electrons. The summed E-state index contributed by atoms with van der Waals surface area (Å²) < 4.78 is 0. The SMILES string of the molecule is Cc1ccc2c(Cl)ncc(N)c2c1. The predicted molar refractivity (Wildman–Crippen MR) is 55.9 cm³/mol. The number of hydrogen-bond acceptors (Lipinski definition) is 2. The molecule has 0 fully saturated rings. The topological polar surface area (TPSA) is 38.9 Å². The van der Waals surface area contributed by atoms with Crippen LogP contribution in [0.25, 0.3) is 10.8 Å². The van der Waals surface area contributed by atoms with Crippen LogP contribution < -0.4 is 5.73 Å². The Morgan fingerprint density at radius 2 is 2.08 bits per heavy atom. The molecule has 2 nitrogen and oxygen atoms in total. The molecule has 0 aliphatic carbocycles. The maximum absolute atomic E-state index is 5.91. The van der Waals surface area contributed by atoms with Crippen molar-refractivity contribution in [2.24, 2.45) is 0 Å². The van der Waals surface area contributed by atoms with E-state index in [0.717, 1.165) is 10.8 Å². The summed E-state index contributed by atoms with van der Waals surface area (Å²) in [6.07, 6.45) is 1.59. The zero-order valence-electron chi connectivity index (χ0n) is 7.21. The summed E-state index contributed by atoms with van der Waals surface area (Å²) in [5.41, 5.74) is 7.61. The van der Waals surface area contributed by atoms with Gasteiger partial charge in [0.1, 0.15) is 5.15 Å². The maximum Gasteiger partial charge on any atom is 0.136 e. The van der Waals surface area contributed by atoms with Crippen molar-refractivity contribution in [2.45, 2.75) is 6.92 Å². The van der Waals surface area contributed by atoms with Gasteiger partial charge < -0.3 is 5.73 Å². The molecule has 0 radical (unpaired) electrons. The largest absolute Gasteiger partial charge is 0.397 e. The number of aryl methyl sites for hydroxylation is 1. The highest BCUT2D eigenvalue weighted by Crippen LogP contribution is 2.26. The molecular weight excluding hydrogens is 184 g/mol. The van der Waals surface area contributed by atoms with E-state index in [-0.39, 0.29) is 0 Å². The first-order valence-electron chi connectivity index (χ1n) is 3.99. The van der Waals surface area contributed by atoms with Gasteiger partial charge in [-0.2, -0.15) is 0 Å². The number of aromatic nitrogens is 1. The molecule has 0 saturated carbocycles. The quantitative estimate of drug-likeness (QED) is 0.652. The molecule has 0 aliphatic rings. The normalized spacial score (nSPS) is 10.6. The van der Waals surface area contributed by atoms with Crippen molar-refractivity contribution < 1.29 is 0 Å². The molecule has 3 heteroatoms. The van der Waals surface area contributed by atoms with Crippen LogP contribution in [0.2, 0.25) is 5.15 Å². The number of benzene rings is 1. The fraction of sp³-hybridized carbons (Fsp3) is 0.100. The Morgan fingerprint density at radius 3 is 2.85 bits per heavy atom. The van der Waals surface area contributed by atoms with Gasteiger partial charge in [-0.1, -0.05) is 29.3 Å². The second-order valence-electron chi connectivity index (χ2n) is 3.05. The van der Waals surface area contributed by atoms with Gasteiger partial charge >= 0.3 is 0 Å². The Kier molecular flexibility index (Phi) is 1.85. The lowest BCUT2D eigenvalue weighted by Crippen LogP contribution is -1.90. The number of hydrogen-bond donors (Lipinski definition) is 1. The van der Waals surface area contributed by atoms with E-state index in [1.807, 2.05) is 25.1 Å². The molecule has 0 amide bonds. The number of rotatable bonds is 0. The fourth-order valence-electron chi connectivity index (χ4n) is 1.34. The maximum atomic E-state index is 5.91. The number of nitrogens with two attached hydrogens (primary N) is 1. The van der Waals surface area contributed by atoms with E-state index in [1.165, 1.54) is 5.56 Å². The average Bonchev–Trinajstić information content (AvgIpc) is 2.12. The fourth-order valence-corrected chi connectivity index (χ4v) is 1.56. The summed E-state index contributed by atoms with van der Waals surface area (Å²) in [5, 5.41) is 2.39. The molecule has 0 spiro atoms. The molecular formula is C10H9ClN2. The van der Waals surface area contributed by atoms with Gasteiger partial charge in [-0.3, -0.25) is 0 Å². The summed E-state index contributed by atoms with van der Waals surface area (Å²) in [5.74, 6) is 0. The van der Waals surface area contributed by atoms with Crippen LogP contribution >= 0.6 is 11.6 Å². The van der Waals surface area contributed by atoms with Crippen LogP contribution in [-0.4, -0.2) is 4.98 Å². The van der Waals surface area contributed by atoms with Crippen LogP contribution in [-0.2, 0) is 0 Å². The molecule has 2 rings (SSSR count). The number of halogens is 1. The van der Waals surface area contributed by atoms with Gasteiger partial charge in [-0.25, -0.2) is 4.98 Å². The van der Waals surface area contributed by atoms with Crippen LogP contribution in [0.3, 0.4) is 0 Å². The lowest BCUT2D eigenvalue weighted by Gasteiger charge is -2.03. The van der Waals surface area contributed by atoms with E-state index < -0.39 is 0 Å². The molecule has 1 heterocycles. The number of pyridine rings is 1. The standard InChI is InChI=1S/C10H9ClN2/c1-6-2-3-7-8(4-6)9(12)5-13-10(7)11/h2-5H,12H2,1H3. The Hall–Kier alpha value is -1.28. The van der Waals surface area contributed by atoms with Crippen molar-refractivity contribution in [3.8, 4) is 0 Å². The minimum absolute atomic E-state index is 0.504. The Balaban J connectivity index is 2.92. The van der Waals surface area contributed by atoms with E-state index in [2.05, 4.69) is 4.98 Å². The smallest absolute Gasteiger partial charge is 0.136 e. The number of nitrogen functional groups attached to an aromatic ring is 1.